The van der Waals surface area contributed by atoms with Crippen molar-refractivity contribution < 1.29 is 33.7 Å². The second-order valence-electron chi connectivity index (χ2n) is 13.7. The maximum atomic E-state index is 12.8. The maximum Gasteiger partial charge on any atom is 0.306 e. The van der Waals surface area contributed by atoms with E-state index in [1.807, 2.05) is 13.8 Å². The van der Waals surface area contributed by atoms with Crippen LogP contribution in [0.1, 0.15) is 99.8 Å². The molecule has 4 saturated carbocycles. The van der Waals surface area contributed by atoms with E-state index in [0.29, 0.717) is 31.1 Å². The lowest BCUT2D eigenvalue weighted by Gasteiger charge is -2.65. The van der Waals surface area contributed by atoms with Crippen LogP contribution in [0.2, 0.25) is 0 Å². The maximum absolute atomic E-state index is 12.8. The molecule has 0 aromatic heterocycles. The Labute approximate surface area is 216 Å². The minimum absolute atomic E-state index is 0.0107. The Bertz CT molecular complexity index is 896. The number of ether oxygens (including phenoxy) is 3. The molecular weight excluding hydrogens is 460 g/mol. The van der Waals surface area contributed by atoms with Crippen LogP contribution >= 0.6 is 0 Å². The molecule has 0 radical (unpaired) electrons. The van der Waals surface area contributed by atoms with Crippen molar-refractivity contribution in [2.75, 3.05) is 6.61 Å². The van der Waals surface area contributed by atoms with Crippen LogP contribution in [-0.4, -0.2) is 47.4 Å². The van der Waals surface area contributed by atoms with Gasteiger partial charge in [0.1, 0.15) is 17.8 Å². The van der Waals surface area contributed by atoms with Crippen molar-refractivity contribution >= 4 is 17.9 Å². The fourth-order valence-corrected chi connectivity index (χ4v) is 9.60. The van der Waals surface area contributed by atoms with Gasteiger partial charge in [-0.1, -0.05) is 34.6 Å². The van der Waals surface area contributed by atoms with Gasteiger partial charge in [-0.2, -0.15) is 0 Å². The molecule has 36 heavy (non-hydrogen) atoms. The van der Waals surface area contributed by atoms with E-state index in [0.717, 1.165) is 32.1 Å². The molecule has 8 unspecified atom stereocenters. The summed E-state index contributed by atoms with van der Waals surface area (Å²) in [5.74, 6) is 0.0856. The third-order valence-electron chi connectivity index (χ3n) is 10.5. The van der Waals surface area contributed by atoms with E-state index in [9.17, 15) is 19.5 Å². The second-order valence-corrected chi connectivity index (χ2v) is 13.7. The third kappa shape index (κ3) is 4.37. The van der Waals surface area contributed by atoms with E-state index < -0.39 is 17.8 Å². The number of esters is 3. The van der Waals surface area contributed by atoms with Gasteiger partial charge in [0.05, 0.1) is 6.61 Å². The Balaban J connectivity index is 1.70. The van der Waals surface area contributed by atoms with Crippen LogP contribution in [-0.2, 0) is 28.6 Å². The summed E-state index contributed by atoms with van der Waals surface area (Å²) in [6, 6.07) is 0. The van der Waals surface area contributed by atoms with Crippen LogP contribution in [0, 0.1) is 39.9 Å². The summed E-state index contributed by atoms with van der Waals surface area (Å²) in [5.41, 5.74) is -1.31. The van der Waals surface area contributed by atoms with Gasteiger partial charge in [-0.3, -0.25) is 14.4 Å². The van der Waals surface area contributed by atoms with Gasteiger partial charge in [0.25, 0.3) is 0 Å². The first kappa shape index (κ1) is 27.4. The van der Waals surface area contributed by atoms with Gasteiger partial charge in [0, 0.05) is 31.6 Å². The summed E-state index contributed by atoms with van der Waals surface area (Å²) in [6.07, 6.45) is 5.54. The number of carbonyl (C=O) groups excluding carboxylic acids is 3. The van der Waals surface area contributed by atoms with E-state index in [4.69, 9.17) is 14.2 Å². The van der Waals surface area contributed by atoms with Crippen molar-refractivity contribution in [2.45, 2.75) is 118 Å². The minimum Gasteiger partial charge on any atom is -0.458 e. The van der Waals surface area contributed by atoms with Crippen LogP contribution < -0.4 is 0 Å². The Morgan fingerprint density at radius 2 is 1.64 bits per heavy atom. The van der Waals surface area contributed by atoms with Gasteiger partial charge in [-0.15, -0.1) is 0 Å². The van der Waals surface area contributed by atoms with E-state index in [1.54, 1.807) is 0 Å². The normalized spacial score (nSPS) is 42.8. The molecule has 7 heteroatoms. The Morgan fingerprint density at radius 3 is 2.22 bits per heavy atom. The molecule has 4 aliphatic rings. The Kier molecular flexibility index (Phi) is 7.07. The summed E-state index contributed by atoms with van der Waals surface area (Å²) in [7, 11) is 0. The molecule has 4 rings (SSSR count). The van der Waals surface area contributed by atoms with E-state index >= 15 is 0 Å². The van der Waals surface area contributed by atoms with Crippen molar-refractivity contribution in [3.63, 3.8) is 0 Å². The molecule has 0 heterocycles. The van der Waals surface area contributed by atoms with Crippen LogP contribution in [0.3, 0.4) is 0 Å². The molecule has 1 spiro atoms. The van der Waals surface area contributed by atoms with Crippen molar-refractivity contribution in [3.05, 3.63) is 0 Å². The summed E-state index contributed by atoms with van der Waals surface area (Å²) in [6.45, 7) is 13.4. The summed E-state index contributed by atoms with van der Waals surface area (Å²) >= 11 is 0. The Hall–Kier alpha value is -1.63. The first-order chi connectivity index (χ1) is 16.7. The number of aliphatic hydroxyl groups excluding tert-OH is 1. The van der Waals surface area contributed by atoms with Crippen LogP contribution in [0.25, 0.3) is 0 Å². The highest BCUT2D eigenvalue weighted by atomic mass is 16.6. The smallest absolute Gasteiger partial charge is 0.306 e. The molecule has 0 aliphatic heterocycles. The number of aliphatic hydroxyl groups is 1. The molecule has 8 atom stereocenters. The first-order valence-electron chi connectivity index (χ1n) is 13.9. The highest BCUT2D eigenvalue weighted by molar-refractivity contribution is 5.70. The molecule has 4 fully saturated rings. The highest BCUT2D eigenvalue weighted by Crippen LogP contribution is 2.73. The minimum atomic E-state index is -0.794. The molecule has 0 amide bonds. The second kappa shape index (κ2) is 9.28. The molecule has 7 nitrogen and oxygen atoms in total. The molecule has 2 bridgehead atoms. The zero-order valence-electron chi connectivity index (χ0n) is 23.2. The Morgan fingerprint density at radius 1 is 0.944 bits per heavy atom. The first-order valence-corrected chi connectivity index (χ1v) is 13.9. The largest absolute Gasteiger partial charge is 0.458 e. The van der Waals surface area contributed by atoms with Gasteiger partial charge in [0.2, 0.25) is 0 Å². The molecule has 1 N–H and O–H groups in total. The fourth-order valence-electron chi connectivity index (χ4n) is 9.60. The molecule has 0 saturated heterocycles. The van der Waals surface area contributed by atoms with E-state index in [-0.39, 0.29) is 52.6 Å². The van der Waals surface area contributed by atoms with E-state index in [2.05, 4.69) is 20.8 Å². The van der Waals surface area contributed by atoms with Crippen LogP contribution in [0.15, 0.2) is 0 Å². The molecule has 4 aliphatic carbocycles. The zero-order valence-corrected chi connectivity index (χ0v) is 23.2. The average Bonchev–Trinajstić information content (AvgIpc) is 2.95. The summed E-state index contributed by atoms with van der Waals surface area (Å²) in [5, 5.41) is 10.4. The lowest BCUT2D eigenvalue weighted by atomic mass is 9.40. The van der Waals surface area contributed by atoms with Gasteiger partial charge < -0.3 is 19.3 Å². The standard InChI is InChI=1S/C29H46O7/c1-17(2)12-24(33)35-21-14-27(7)22(26(5,6)25(21)34-18(3)31)10-11-28-13-20(8-9-23(27)28)29(15-28,16-30)36-19(4)32/h17,20-23,25,30H,8-16H2,1-7H3. The third-order valence-corrected chi connectivity index (χ3v) is 10.5. The van der Waals surface area contributed by atoms with Crippen molar-refractivity contribution in [1.82, 2.24) is 0 Å². The molecule has 204 valence electrons. The summed E-state index contributed by atoms with van der Waals surface area (Å²) < 4.78 is 17.9. The van der Waals surface area contributed by atoms with Crippen LogP contribution in [0.5, 0.6) is 0 Å². The number of fused-ring (bicyclic) bond motifs is 3. The lowest BCUT2D eigenvalue weighted by molar-refractivity contribution is -0.236. The molecular formula is C29H46O7. The van der Waals surface area contributed by atoms with Gasteiger partial charge in [-0.25, -0.2) is 0 Å². The van der Waals surface area contributed by atoms with Gasteiger partial charge in [-0.05, 0) is 73.5 Å². The highest BCUT2D eigenvalue weighted by Gasteiger charge is 2.70. The number of hydrogen-bond acceptors (Lipinski definition) is 7. The number of hydrogen-bond donors (Lipinski definition) is 1. The van der Waals surface area contributed by atoms with Gasteiger partial charge in [0.15, 0.2) is 0 Å². The lowest BCUT2D eigenvalue weighted by Crippen LogP contribution is -2.64. The quantitative estimate of drug-likeness (QED) is 0.407. The monoisotopic (exact) mass is 506 g/mol. The average molecular weight is 507 g/mol. The molecule has 0 aromatic rings. The summed E-state index contributed by atoms with van der Waals surface area (Å²) in [4.78, 5) is 37.0. The fraction of sp³-hybridized carbons (Fsp3) is 0.897. The number of rotatable bonds is 6. The topological polar surface area (TPSA) is 99.1 Å². The van der Waals surface area contributed by atoms with Crippen molar-refractivity contribution in [1.29, 1.82) is 0 Å². The van der Waals surface area contributed by atoms with Gasteiger partial charge >= 0.3 is 17.9 Å². The van der Waals surface area contributed by atoms with Crippen molar-refractivity contribution in [3.8, 4) is 0 Å². The van der Waals surface area contributed by atoms with E-state index in [1.165, 1.54) is 13.8 Å². The van der Waals surface area contributed by atoms with Crippen LogP contribution in [0.4, 0.5) is 0 Å². The zero-order chi connectivity index (χ0) is 26.7. The predicted octanol–water partition coefficient (Wildman–Crippen LogP) is 4.82. The predicted molar refractivity (Wildman–Crippen MR) is 134 cm³/mol. The number of carbonyl (C=O) groups is 3. The molecule has 0 aromatic carbocycles. The van der Waals surface area contributed by atoms with Crippen molar-refractivity contribution in [2.24, 2.45) is 39.9 Å². The SMILES string of the molecule is CC(=O)OC1C(OC(=O)CC(C)C)CC2(C)C3CCC4CC3(CCC2C1(C)C)CC4(CO)OC(C)=O.